The maximum Gasteiger partial charge on any atom is 0.324 e. The summed E-state index contributed by atoms with van der Waals surface area (Å²) in [6.45, 7) is 5.99. The maximum absolute atomic E-state index is 10.5. The number of rotatable bonds is 5. The molecule has 1 N–H and O–H groups in total. The van der Waals surface area contributed by atoms with E-state index in [2.05, 4.69) is 10.1 Å². The second-order valence-electron chi connectivity index (χ2n) is 3.56. The maximum atomic E-state index is 10.5. The average molecular weight is 213 g/mol. The Labute approximate surface area is 87.9 Å². The van der Waals surface area contributed by atoms with Gasteiger partial charge < -0.3 is 14.5 Å². The molecule has 6 nitrogen and oxygen atoms in total. The van der Waals surface area contributed by atoms with Gasteiger partial charge in [-0.05, 0) is 20.8 Å². The summed E-state index contributed by atoms with van der Waals surface area (Å²) in [6, 6.07) is 0.507. The smallest absolute Gasteiger partial charge is 0.324 e. The molecule has 1 rings (SSSR count). The van der Waals surface area contributed by atoms with Crippen LogP contribution in [0.1, 0.15) is 26.1 Å². The lowest BCUT2D eigenvalue weighted by Crippen LogP contribution is -2.33. The molecule has 0 unspecified atom stereocenters. The Morgan fingerprint density at radius 1 is 1.60 bits per heavy atom. The third kappa shape index (κ3) is 3.23. The van der Waals surface area contributed by atoms with Gasteiger partial charge in [0.1, 0.15) is 0 Å². The fourth-order valence-corrected chi connectivity index (χ4v) is 1.19. The molecule has 1 aromatic rings. The summed E-state index contributed by atoms with van der Waals surface area (Å²) in [7, 11) is 0. The minimum atomic E-state index is -0.836. The minimum absolute atomic E-state index is 0.0552. The summed E-state index contributed by atoms with van der Waals surface area (Å²) in [5.41, 5.74) is 0. The Bertz CT molecular complexity index is 335. The van der Waals surface area contributed by atoms with Crippen LogP contribution in [0.5, 0.6) is 0 Å². The van der Waals surface area contributed by atoms with Crippen molar-refractivity contribution in [2.45, 2.75) is 33.2 Å². The van der Waals surface area contributed by atoms with Crippen LogP contribution in [0.3, 0.4) is 0 Å². The van der Waals surface area contributed by atoms with Gasteiger partial charge in [-0.1, -0.05) is 5.16 Å². The lowest BCUT2D eigenvalue weighted by molar-refractivity contribution is -0.136. The molecule has 0 radical (unpaired) electrons. The van der Waals surface area contributed by atoms with Crippen LogP contribution in [-0.4, -0.2) is 33.8 Å². The van der Waals surface area contributed by atoms with Crippen molar-refractivity contribution in [1.82, 2.24) is 10.1 Å². The number of aromatic nitrogens is 2. The van der Waals surface area contributed by atoms with Crippen LogP contribution in [0.4, 0.5) is 6.01 Å². The first-order valence-corrected chi connectivity index (χ1v) is 4.79. The van der Waals surface area contributed by atoms with Gasteiger partial charge >= 0.3 is 12.0 Å². The molecule has 0 saturated carbocycles. The summed E-state index contributed by atoms with van der Waals surface area (Å²) in [5, 5.41) is 12.3. The Morgan fingerprint density at radius 2 is 2.27 bits per heavy atom. The first kappa shape index (κ1) is 11.5. The summed E-state index contributed by atoms with van der Waals surface area (Å²) >= 11 is 0. The molecule has 0 atom stereocenters. The highest BCUT2D eigenvalue weighted by molar-refractivity contribution is 5.67. The fourth-order valence-electron chi connectivity index (χ4n) is 1.19. The zero-order valence-electron chi connectivity index (χ0n) is 9.10. The van der Waals surface area contributed by atoms with E-state index in [9.17, 15) is 4.79 Å². The van der Waals surface area contributed by atoms with Crippen molar-refractivity contribution in [2.75, 3.05) is 11.4 Å². The number of carboxylic acids is 1. The number of carbonyl (C=O) groups is 1. The zero-order chi connectivity index (χ0) is 11.4. The van der Waals surface area contributed by atoms with Crippen LogP contribution < -0.4 is 4.90 Å². The third-order valence-electron chi connectivity index (χ3n) is 1.95. The number of hydrogen-bond acceptors (Lipinski definition) is 5. The van der Waals surface area contributed by atoms with Crippen LogP contribution in [-0.2, 0) is 4.79 Å². The van der Waals surface area contributed by atoms with Crippen LogP contribution in [0, 0.1) is 6.92 Å². The zero-order valence-corrected chi connectivity index (χ0v) is 9.10. The molecule has 0 aliphatic heterocycles. The molecule has 0 aromatic carbocycles. The van der Waals surface area contributed by atoms with Crippen molar-refractivity contribution in [2.24, 2.45) is 0 Å². The average Bonchev–Trinajstić information content (AvgIpc) is 2.51. The minimum Gasteiger partial charge on any atom is -0.481 e. The quantitative estimate of drug-likeness (QED) is 0.788. The van der Waals surface area contributed by atoms with Crippen molar-refractivity contribution >= 4 is 12.0 Å². The molecule has 0 fully saturated rings. The van der Waals surface area contributed by atoms with Gasteiger partial charge in [0.05, 0.1) is 6.42 Å². The molecular formula is C9H15N3O3. The van der Waals surface area contributed by atoms with E-state index in [1.54, 1.807) is 11.8 Å². The van der Waals surface area contributed by atoms with Gasteiger partial charge in [0.15, 0.2) is 5.82 Å². The molecule has 0 saturated heterocycles. The lowest BCUT2D eigenvalue weighted by atomic mass is 10.3. The molecule has 0 aliphatic carbocycles. The van der Waals surface area contributed by atoms with Gasteiger partial charge in [0, 0.05) is 12.6 Å². The first-order chi connectivity index (χ1) is 7.00. The van der Waals surface area contributed by atoms with E-state index in [1.807, 2.05) is 13.8 Å². The van der Waals surface area contributed by atoms with Crippen molar-refractivity contribution < 1.29 is 14.4 Å². The van der Waals surface area contributed by atoms with E-state index in [-0.39, 0.29) is 12.5 Å². The molecule has 1 heterocycles. The standard InChI is InChI=1S/C9H15N3O3/c1-6(2)12(5-4-8(13)14)9-10-7(3)11-15-9/h6H,4-5H2,1-3H3,(H,13,14). The molecule has 6 heteroatoms. The molecule has 0 aliphatic rings. The number of aryl methyl sites for hydroxylation is 1. The number of carboxylic acid groups (broad SMARTS) is 1. The predicted molar refractivity (Wildman–Crippen MR) is 53.8 cm³/mol. The summed E-state index contributed by atoms with van der Waals surface area (Å²) in [5.74, 6) is -0.289. The molecule has 0 bridgehead atoms. The highest BCUT2D eigenvalue weighted by Gasteiger charge is 2.17. The van der Waals surface area contributed by atoms with Crippen LogP contribution in [0.2, 0.25) is 0 Å². The van der Waals surface area contributed by atoms with Gasteiger partial charge in [-0.25, -0.2) is 0 Å². The Morgan fingerprint density at radius 3 is 2.67 bits per heavy atom. The summed E-state index contributed by atoms with van der Waals surface area (Å²) < 4.78 is 4.99. The number of anilines is 1. The third-order valence-corrected chi connectivity index (χ3v) is 1.95. The second-order valence-corrected chi connectivity index (χ2v) is 3.56. The van der Waals surface area contributed by atoms with Gasteiger partial charge in [0.25, 0.3) is 0 Å². The molecule has 0 spiro atoms. The second kappa shape index (κ2) is 4.77. The SMILES string of the molecule is Cc1noc(N(CCC(=O)O)C(C)C)n1. The van der Waals surface area contributed by atoms with Crippen LogP contribution in [0.25, 0.3) is 0 Å². The summed E-state index contributed by atoms with van der Waals surface area (Å²) in [6.07, 6.45) is 0.0552. The Kier molecular flexibility index (Phi) is 3.65. The van der Waals surface area contributed by atoms with Gasteiger partial charge in [-0.2, -0.15) is 4.98 Å². The van der Waals surface area contributed by atoms with E-state index in [4.69, 9.17) is 9.63 Å². The largest absolute Gasteiger partial charge is 0.481 e. The topological polar surface area (TPSA) is 79.5 Å². The van der Waals surface area contributed by atoms with Crippen LogP contribution >= 0.6 is 0 Å². The van der Waals surface area contributed by atoms with Crippen molar-refractivity contribution in [1.29, 1.82) is 0 Å². The van der Waals surface area contributed by atoms with Gasteiger partial charge in [0.2, 0.25) is 0 Å². The molecule has 0 amide bonds. The normalized spacial score (nSPS) is 10.7. The van der Waals surface area contributed by atoms with E-state index in [1.165, 1.54) is 0 Å². The monoisotopic (exact) mass is 213 g/mol. The van der Waals surface area contributed by atoms with E-state index >= 15 is 0 Å². The van der Waals surface area contributed by atoms with E-state index in [0.29, 0.717) is 18.4 Å². The highest BCUT2D eigenvalue weighted by atomic mass is 16.5. The fraction of sp³-hybridized carbons (Fsp3) is 0.667. The van der Waals surface area contributed by atoms with Crippen molar-refractivity contribution in [3.05, 3.63) is 5.82 Å². The number of hydrogen-bond donors (Lipinski definition) is 1. The van der Waals surface area contributed by atoms with Gasteiger partial charge in [-0.15, -0.1) is 0 Å². The lowest BCUT2D eigenvalue weighted by Gasteiger charge is -2.23. The highest BCUT2D eigenvalue weighted by Crippen LogP contribution is 2.14. The van der Waals surface area contributed by atoms with E-state index < -0.39 is 5.97 Å². The van der Waals surface area contributed by atoms with Crippen molar-refractivity contribution in [3.63, 3.8) is 0 Å². The summed E-state index contributed by atoms with van der Waals surface area (Å²) in [4.78, 5) is 16.3. The van der Waals surface area contributed by atoms with Crippen molar-refractivity contribution in [3.8, 4) is 0 Å². The molecule has 84 valence electrons. The first-order valence-electron chi connectivity index (χ1n) is 4.79. The molecule has 15 heavy (non-hydrogen) atoms. The molecular weight excluding hydrogens is 198 g/mol. The predicted octanol–water partition coefficient (Wildman–Crippen LogP) is 1.07. The number of aliphatic carboxylic acids is 1. The van der Waals surface area contributed by atoms with Gasteiger partial charge in [-0.3, -0.25) is 4.79 Å². The molecule has 1 aromatic heterocycles. The van der Waals surface area contributed by atoms with Crippen LogP contribution in [0.15, 0.2) is 4.52 Å². The Balaban J connectivity index is 2.70. The Hall–Kier alpha value is -1.59. The number of nitrogens with zero attached hydrogens (tertiary/aromatic N) is 3. The van der Waals surface area contributed by atoms with E-state index in [0.717, 1.165) is 0 Å².